The van der Waals surface area contributed by atoms with Crippen LogP contribution in [0.25, 0.3) is 0 Å². The van der Waals surface area contributed by atoms with Crippen LogP contribution in [0.3, 0.4) is 0 Å². The summed E-state index contributed by atoms with van der Waals surface area (Å²) in [6.45, 7) is 4.14. The molecule has 0 amide bonds. The molecule has 0 bridgehead atoms. The van der Waals surface area contributed by atoms with E-state index in [0.29, 0.717) is 0 Å². The number of benzene rings is 1. The minimum absolute atomic E-state index is 0.873. The lowest BCUT2D eigenvalue weighted by molar-refractivity contribution is -0.170. The first kappa shape index (κ1) is 13.2. The van der Waals surface area contributed by atoms with Crippen molar-refractivity contribution in [3.63, 3.8) is 0 Å². The van der Waals surface area contributed by atoms with Gasteiger partial charge in [-0.25, -0.2) is 0 Å². The van der Waals surface area contributed by atoms with Crippen LogP contribution in [0.1, 0.15) is 25.0 Å². The van der Waals surface area contributed by atoms with Crippen molar-refractivity contribution in [1.82, 2.24) is 0 Å². The molecular formula is C10H15O2PS2. The van der Waals surface area contributed by atoms with E-state index in [9.17, 15) is 9.79 Å². The number of hydrogen-bond donors (Lipinski definition) is 2. The molecule has 1 atom stereocenters. The van der Waals surface area contributed by atoms with Gasteiger partial charge >= 0.3 is 0 Å². The van der Waals surface area contributed by atoms with Gasteiger partial charge in [0, 0.05) is 11.6 Å². The summed E-state index contributed by atoms with van der Waals surface area (Å²) < 4.78 is 0. The zero-order valence-electron chi connectivity index (χ0n) is 8.80. The summed E-state index contributed by atoms with van der Waals surface area (Å²) in [7, 11) is 0.957. The summed E-state index contributed by atoms with van der Waals surface area (Å²) in [5.74, 6) is 0. The Labute approximate surface area is 99.6 Å². The molecule has 0 saturated heterocycles. The van der Waals surface area contributed by atoms with E-state index in [1.165, 1.54) is 5.56 Å². The van der Waals surface area contributed by atoms with Crippen LogP contribution in [0.5, 0.6) is 0 Å². The highest BCUT2D eigenvalue weighted by atomic mass is 32.9. The molecule has 0 aliphatic rings. The van der Waals surface area contributed by atoms with E-state index in [4.69, 9.17) is 0 Å². The number of rotatable bonds is 3. The fourth-order valence-electron chi connectivity index (χ4n) is 1.56. The van der Waals surface area contributed by atoms with Gasteiger partial charge in [-0.15, -0.1) is 0 Å². The average Bonchev–Trinajstić information content (AvgIpc) is 2.15. The normalized spacial score (nSPS) is 14.7. The second-order valence-corrected chi connectivity index (χ2v) is 9.26. The molecule has 0 aliphatic heterocycles. The Morgan fingerprint density at radius 2 is 2.07 bits per heavy atom. The summed E-state index contributed by atoms with van der Waals surface area (Å²) >= 11 is 3.69. The Bertz CT molecular complexity index is 390. The Morgan fingerprint density at radius 3 is 2.53 bits per heavy atom. The Morgan fingerprint density at radius 1 is 1.40 bits per heavy atom. The monoisotopic (exact) mass is 262 g/mol. The van der Waals surface area contributed by atoms with E-state index >= 15 is 0 Å². The fourth-order valence-corrected chi connectivity index (χ4v) is 4.41. The molecule has 0 aromatic heterocycles. The van der Waals surface area contributed by atoms with Gasteiger partial charge in [-0.2, -0.15) is 0 Å². The van der Waals surface area contributed by atoms with Crippen LogP contribution >= 0.6 is 17.9 Å². The number of thiol groups is 1. The maximum Gasteiger partial charge on any atom is 0.242 e. The van der Waals surface area contributed by atoms with Gasteiger partial charge < -0.3 is 9.79 Å². The number of hydrogen-bond acceptors (Lipinski definition) is 1. The summed E-state index contributed by atoms with van der Waals surface area (Å²) in [4.78, 5) is 21.3. The van der Waals surface area contributed by atoms with E-state index in [0.717, 1.165) is 34.2 Å². The highest BCUT2D eigenvalue weighted by molar-refractivity contribution is 8.61. The maximum absolute atomic E-state index is 11.2. The Kier molecular flexibility index (Phi) is 4.81. The third-order valence-electron chi connectivity index (χ3n) is 2.18. The molecule has 1 aromatic rings. The first-order valence-corrected chi connectivity index (χ1v) is 9.07. The summed E-state index contributed by atoms with van der Waals surface area (Å²) in [6, 6.07) is 5.86. The van der Waals surface area contributed by atoms with Crippen LogP contribution in [0.4, 0.5) is 0 Å². The quantitative estimate of drug-likeness (QED) is 0.498. The maximum atomic E-state index is 11.2. The van der Waals surface area contributed by atoms with Gasteiger partial charge in [-0.1, -0.05) is 38.2 Å². The molecule has 5 heteroatoms. The predicted molar refractivity (Wildman–Crippen MR) is 69.0 cm³/mol. The summed E-state index contributed by atoms with van der Waals surface area (Å²) in [5.41, 5.74) is -0.946. The van der Waals surface area contributed by atoms with Gasteiger partial charge in [0.1, 0.15) is 0 Å². The Hall–Kier alpha value is 0.140. The zero-order chi connectivity index (χ0) is 11.5. The van der Waals surface area contributed by atoms with Crippen molar-refractivity contribution in [3.05, 3.63) is 29.3 Å². The van der Waals surface area contributed by atoms with E-state index in [1.54, 1.807) is 0 Å². The Balaban J connectivity index is 3.30. The van der Waals surface area contributed by atoms with E-state index in [-0.39, 0.29) is 0 Å². The van der Waals surface area contributed by atoms with Gasteiger partial charge in [-0.05, 0) is 18.4 Å². The minimum Gasteiger partial charge on any atom is -0.756 e. The lowest BCUT2D eigenvalue weighted by Gasteiger charge is -2.06. The molecular weight excluding hydrogens is 247 g/mol. The summed E-state index contributed by atoms with van der Waals surface area (Å²) in [5, 5.41) is 0. The molecule has 1 N–H and O–H groups in total. The highest BCUT2D eigenvalue weighted by Crippen LogP contribution is 2.40. The molecule has 0 radical (unpaired) electrons. The van der Waals surface area contributed by atoms with Gasteiger partial charge in [-0.3, -0.25) is 0 Å². The molecule has 0 heterocycles. The first-order valence-electron chi connectivity index (χ1n) is 4.83. The van der Waals surface area contributed by atoms with Crippen LogP contribution in [-0.2, 0) is 23.8 Å². The number of aryl methyl sites for hydroxylation is 1. The van der Waals surface area contributed by atoms with E-state index in [2.05, 4.69) is 32.2 Å². The van der Waals surface area contributed by atoms with Crippen molar-refractivity contribution in [2.45, 2.75) is 31.6 Å². The van der Waals surface area contributed by atoms with E-state index in [1.807, 2.05) is 12.1 Å². The second-order valence-electron chi connectivity index (χ2n) is 3.18. The average molecular weight is 262 g/mol. The van der Waals surface area contributed by atoms with Gasteiger partial charge in [0.05, 0.1) is 0 Å². The molecule has 1 rings (SSSR count). The van der Waals surface area contributed by atoms with Crippen molar-refractivity contribution in [3.8, 4) is 0 Å². The highest BCUT2D eigenvalue weighted by Gasteiger charge is 2.16. The third kappa shape index (κ3) is 3.89. The lowest BCUT2D eigenvalue weighted by Crippen LogP contribution is -1.98. The van der Waals surface area contributed by atoms with E-state index < -0.39 is 5.69 Å². The second kappa shape index (κ2) is 5.46. The molecule has 0 fully saturated rings. The van der Waals surface area contributed by atoms with Crippen LogP contribution < -0.4 is 4.89 Å². The first-order chi connectivity index (χ1) is 6.98. The SMILES string of the molecule is CCc1cccc([S+]=P([O-])(O)S)c1CC. The molecule has 2 nitrogen and oxygen atoms in total. The zero-order valence-corrected chi connectivity index (χ0v) is 11.4. The van der Waals surface area contributed by atoms with Crippen molar-refractivity contribution in [1.29, 1.82) is 0 Å². The van der Waals surface area contributed by atoms with Crippen molar-refractivity contribution < 1.29 is 9.79 Å². The molecule has 15 heavy (non-hydrogen) atoms. The standard InChI is InChI=1S/C10H15O2PS2/c1-3-8-6-5-7-10(9(8)4-2)15-13(11,12)14/h5-7H,3-4H2,1-2H3,(H2-,11,12,14). The molecule has 1 aromatic carbocycles. The molecule has 0 aliphatic carbocycles. The van der Waals surface area contributed by atoms with Crippen LogP contribution in [0, 0.1) is 0 Å². The topological polar surface area (TPSA) is 43.3 Å². The predicted octanol–water partition coefficient (Wildman–Crippen LogP) is 2.21. The third-order valence-corrected chi connectivity index (χ3v) is 5.04. The molecule has 0 saturated carbocycles. The fraction of sp³-hybridized carbons (Fsp3) is 0.400. The van der Waals surface area contributed by atoms with Crippen LogP contribution in [-0.4, -0.2) is 4.89 Å². The molecule has 1 unspecified atom stereocenters. The van der Waals surface area contributed by atoms with Gasteiger partial charge in [0.2, 0.25) is 21.5 Å². The molecule has 84 valence electrons. The van der Waals surface area contributed by atoms with Crippen LogP contribution in [0.2, 0.25) is 0 Å². The minimum atomic E-state index is -3.35. The van der Waals surface area contributed by atoms with Crippen molar-refractivity contribution >= 4 is 28.9 Å². The largest absolute Gasteiger partial charge is 0.756 e. The van der Waals surface area contributed by atoms with Gasteiger partial charge in [0.15, 0.2) is 0 Å². The lowest BCUT2D eigenvalue weighted by atomic mass is 10.0. The van der Waals surface area contributed by atoms with Crippen molar-refractivity contribution in [2.24, 2.45) is 0 Å². The van der Waals surface area contributed by atoms with Crippen LogP contribution in [0.15, 0.2) is 23.1 Å². The van der Waals surface area contributed by atoms with Gasteiger partial charge in [0.25, 0.3) is 0 Å². The van der Waals surface area contributed by atoms with Crippen molar-refractivity contribution in [2.75, 3.05) is 0 Å². The molecule has 0 spiro atoms. The summed E-state index contributed by atoms with van der Waals surface area (Å²) in [6.07, 6.45) is 1.82. The smallest absolute Gasteiger partial charge is 0.242 e.